The van der Waals surface area contributed by atoms with Crippen LogP contribution in [0.3, 0.4) is 0 Å². The van der Waals surface area contributed by atoms with E-state index >= 15 is 0 Å². The number of rotatable bonds is 5. The summed E-state index contributed by atoms with van der Waals surface area (Å²) in [6.45, 7) is 2.48. The van der Waals surface area contributed by atoms with Gasteiger partial charge < -0.3 is 9.47 Å². The third-order valence-corrected chi connectivity index (χ3v) is 6.55. The summed E-state index contributed by atoms with van der Waals surface area (Å²) < 4.78 is 13.4. The van der Waals surface area contributed by atoms with Crippen molar-refractivity contribution in [2.45, 2.75) is 13.5 Å². The summed E-state index contributed by atoms with van der Waals surface area (Å²) in [5.74, 6) is 0.634. The molecule has 1 aliphatic heterocycles. The molecule has 1 aliphatic rings. The highest BCUT2D eigenvalue weighted by Gasteiger charge is 2.24. The van der Waals surface area contributed by atoms with Crippen LogP contribution in [0.4, 0.5) is 0 Å². The van der Waals surface area contributed by atoms with E-state index in [9.17, 15) is 4.79 Å². The van der Waals surface area contributed by atoms with Gasteiger partial charge in [-0.25, -0.2) is 9.79 Å². The molecule has 6 heteroatoms. The van der Waals surface area contributed by atoms with Crippen molar-refractivity contribution in [3.8, 4) is 5.75 Å². The van der Waals surface area contributed by atoms with E-state index in [0.29, 0.717) is 12.5 Å². The lowest BCUT2D eigenvalue weighted by atomic mass is 10.1. The van der Waals surface area contributed by atoms with Gasteiger partial charge >= 0.3 is 5.97 Å². The molecule has 150 valence electrons. The highest BCUT2D eigenvalue weighted by atomic mass is 127. The molecule has 0 saturated heterocycles. The maximum absolute atomic E-state index is 12.2. The van der Waals surface area contributed by atoms with Gasteiger partial charge in [-0.2, -0.15) is 0 Å². The Morgan fingerprint density at radius 1 is 1.10 bits per heavy atom. The van der Waals surface area contributed by atoms with Gasteiger partial charge in [0, 0.05) is 19.2 Å². The smallest absolute Gasteiger partial charge is 0.363 e. The van der Waals surface area contributed by atoms with Crippen LogP contribution in [-0.2, 0) is 16.1 Å². The van der Waals surface area contributed by atoms with Crippen LogP contribution in [0, 0.1) is 10.5 Å². The van der Waals surface area contributed by atoms with Gasteiger partial charge in [-0.05, 0) is 83.1 Å². The van der Waals surface area contributed by atoms with E-state index in [0.717, 1.165) is 36.0 Å². The second-order valence-corrected chi connectivity index (χ2v) is 8.77. The van der Waals surface area contributed by atoms with E-state index in [4.69, 9.17) is 9.47 Å². The number of hydrogen-bond acceptors (Lipinski definition) is 4. The number of hydrogen-bond donors (Lipinski definition) is 0. The van der Waals surface area contributed by atoms with Crippen molar-refractivity contribution in [1.29, 1.82) is 0 Å². The van der Waals surface area contributed by atoms with Gasteiger partial charge in [-0.15, -0.1) is 0 Å². The third kappa shape index (κ3) is 4.82. The number of esters is 1. The Balaban J connectivity index is 1.47. The Morgan fingerprint density at radius 2 is 1.87 bits per heavy atom. The lowest BCUT2D eigenvalue weighted by Gasteiger charge is -2.08. The number of aliphatic imine (C=N–C) groups is 1. The van der Waals surface area contributed by atoms with E-state index in [1.165, 1.54) is 0 Å². The minimum absolute atomic E-state index is 0.281. The lowest BCUT2D eigenvalue weighted by Crippen LogP contribution is -2.05. The number of carbonyl (C=O) groups is 1. The maximum Gasteiger partial charge on any atom is 0.363 e. The average molecular weight is 574 g/mol. The molecule has 0 aromatic heterocycles. The fourth-order valence-electron chi connectivity index (χ4n) is 2.91. The lowest BCUT2D eigenvalue weighted by molar-refractivity contribution is -0.129. The van der Waals surface area contributed by atoms with E-state index in [-0.39, 0.29) is 5.70 Å². The first kappa shape index (κ1) is 20.8. The first-order valence-corrected chi connectivity index (χ1v) is 11.1. The summed E-state index contributed by atoms with van der Waals surface area (Å²) in [7, 11) is 0. The second kappa shape index (κ2) is 9.14. The van der Waals surface area contributed by atoms with E-state index < -0.39 is 5.97 Å². The van der Waals surface area contributed by atoms with Crippen LogP contribution < -0.4 is 4.74 Å². The Hall–Kier alpha value is -2.45. The zero-order chi connectivity index (χ0) is 21.1. The first-order valence-electron chi connectivity index (χ1n) is 9.25. The average Bonchev–Trinajstić information content (AvgIpc) is 3.11. The normalized spacial score (nSPS) is 14.6. The Bertz CT molecular complexity index is 1170. The van der Waals surface area contributed by atoms with Gasteiger partial charge in [0.2, 0.25) is 5.90 Å². The van der Waals surface area contributed by atoms with E-state index in [1.807, 2.05) is 73.7 Å². The molecule has 0 bridgehead atoms. The molecule has 0 saturated carbocycles. The quantitative estimate of drug-likeness (QED) is 0.205. The number of nitrogens with zero attached hydrogens (tertiary/aromatic N) is 1. The molecule has 0 fully saturated rings. The number of ether oxygens (including phenoxy) is 2. The molecule has 0 spiro atoms. The molecule has 0 N–H and O–H groups in total. The minimum atomic E-state index is -0.449. The predicted molar refractivity (Wildman–Crippen MR) is 129 cm³/mol. The molecule has 0 unspecified atom stereocenters. The van der Waals surface area contributed by atoms with Crippen molar-refractivity contribution in [3.05, 3.63) is 103 Å². The minimum Gasteiger partial charge on any atom is -0.489 e. The summed E-state index contributed by atoms with van der Waals surface area (Å²) >= 11 is 5.79. The van der Waals surface area contributed by atoms with E-state index in [1.54, 1.807) is 6.08 Å². The molecule has 1 heterocycles. The van der Waals surface area contributed by atoms with Crippen molar-refractivity contribution in [1.82, 2.24) is 0 Å². The van der Waals surface area contributed by atoms with Gasteiger partial charge in [0.05, 0.1) is 0 Å². The predicted octanol–water partition coefficient (Wildman–Crippen LogP) is 6.29. The molecule has 4 nitrogen and oxygen atoms in total. The highest BCUT2D eigenvalue weighted by molar-refractivity contribution is 14.1. The fourth-order valence-corrected chi connectivity index (χ4v) is 3.64. The summed E-state index contributed by atoms with van der Waals surface area (Å²) in [5, 5.41) is 0. The molecule has 0 aliphatic carbocycles. The molecule has 0 atom stereocenters. The van der Waals surface area contributed by atoms with Crippen LogP contribution >= 0.6 is 38.5 Å². The number of cyclic esters (lactones) is 1. The van der Waals surface area contributed by atoms with Gasteiger partial charge in [0.15, 0.2) is 5.70 Å². The van der Waals surface area contributed by atoms with Crippen LogP contribution in [0.25, 0.3) is 6.08 Å². The molecule has 3 aromatic rings. The summed E-state index contributed by atoms with van der Waals surface area (Å²) in [5.41, 5.74) is 4.11. The standard InChI is InChI=1S/C24H17BrINO3/c1-15-12-17(8-11-21(15)26)23-27-22(24(28)30-23)13-16-6-9-19(10-7-16)29-14-18-4-2-3-5-20(18)25/h2-13H,14H2,1H3/b22-13-. The topological polar surface area (TPSA) is 47.9 Å². The van der Waals surface area contributed by atoms with Gasteiger partial charge in [-0.3, -0.25) is 0 Å². The van der Waals surface area contributed by atoms with Crippen LogP contribution in [0.1, 0.15) is 22.3 Å². The third-order valence-electron chi connectivity index (χ3n) is 4.56. The highest BCUT2D eigenvalue weighted by Crippen LogP contribution is 2.23. The van der Waals surface area contributed by atoms with E-state index in [2.05, 4.69) is 43.5 Å². The van der Waals surface area contributed by atoms with Gasteiger partial charge in [0.1, 0.15) is 12.4 Å². The number of benzene rings is 3. The zero-order valence-electron chi connectivity index (χ0n) is 16.1. The van der Waals surface area contributed by atoms with Crippen LogP contribution in [-0.4, -0.2) is 11.9 Å². The molecule has 4 rings (SSSR count). The molecule has 0 amide bonds. The van der Waals surface area contributed by atoms with Crippen molar-refractivity contribution >= 4 is 56.5 Å². The Labute approximate surface area is 196 Å². The van der Waals surface area contributed by atoms with Crippen LogP contribution in [0.15, 0.2) is 81.9 Å². The van der Waals surface area contributed by atoms with Crippen molar-refractivity contribution in [2.75, 3.05) is 0 Å². The monoisotopic (exact) mass is 573 g/mol. The van der Waals surface area contributed by atoms with Crippen LogP contribution in [0.2, 0.25) is 0 Å². The SMILES string of the molecule is Cc1cc(C2=N/C(=C\c3ccc(OCc4ccccc4Br)cc3)C(=O)O2)ccc1I. The molecular weight excluding hydrogens is 557 g/mol. The molecule has 0 radical (unpaired) electrons. The molecule has 3 aromatic carbocycles. The summed E-state index contributed by atoms with van der Waals surface area (Å²) in [6, 6.07) is 21.3. The fraction of sp³-hybridized carbons (Fsp3) is 0.0833. The van der Waals surface area contributed by atoms with Gasteiger partial charge in [-0.1, -0.05) is 46.3 Å². The summed E-state index contributed by atoms with van der Waals surface area (Å²) in [4.78, 5) is 16.6. The largest absolute Gasteiger partial charge is 0.489 e. The Morgan fingerprint density at radius 3 is 2.60 bits per heavy atom. The number of aryl methyl sites for hydroxylation is 1. The molecular formula is C24H17BrINO3. The van der Waals surface area contributed by atoms with Crippen molar-refractivity contribution in [2.24, 2.45) is 4.99 Å². The van der Waals surface area contributed by atoms with Crippen molar-refractivity contribution < 1.29 is 14.3 Å². The maximum atomic E-state index is 12.2. The summed E-state index contributed by atoms with van der Waals surface area (Å²) in [6.07, 6.45) is 1.71. The molecule has 30 heavy (non-hydrogen) atoms. The Kier molecular flexibility index (Phi) is 6.34. The first-order chi connectivity index (χ1) is 14.5. The second-order valence-electron chi connectivity index (χ2n) is 6.75. The zero-order valence-corrected chi connectivity index (χ0v) is 19.8. The van der Waals surface area contributed by atoms with Gasteiger partial charge in [0.25, 0.3) is 0 Å². The number of carbonyl (C=O) groups excluding carboxylic acids is 1. The van der Waals surface area contributed by atoms with Crippen molar-refractivity contribution in [3.63, 3.8) is 0 Å². The van der Waals surface area contributed by atoms with Crippen LogP contribution in [0.5, 0.6) is 5.75 Å². The number of halogens is 2.